The summed E-state index contributed by atoms with van der Waals surface area (Å²) in [7, 11) is -1.12. The molecule has 1 atom stereocenters. The van der Waals surface area contributed by atoms with E-state index in [4.69, 9.17) is 0 Å². The maximum atomic E-state index is 13.7. The van der Waals surface area contributed by atoms with Gasteiger partial charge in [-0.25, -0.2) is 4.31 Å². The summed E-state index contributed by atoms with van der Waals surface area (Å²) in [5.74, 6) is -0.766. The molecule has 2 rings (SSSR count). The molecule has 192 valence electrons. The van der Waals surface area contributed by atoms with Crippen LogP contribution in [0.25, 0.3) is 0 Å². The average Bonchev–Trinajstić information content (AvgIpc) is 2.77. The summed E-state index contributed by atoms with van der Waals surface area (Å²) < 4.78 is 28.8. The second kappa shape index (κ2) is 11.7. The highest BCUT2D eigenvalue weighted by atomic mass is 32.2. The summed E-state index contributed by atoms with van der Waals surface area (Å²) in [5, 5.41) is 2.85. The van der Waals surface area contributed by atoms with Crippen LogP contribution in [-0.4, -0.2) is 62.2 Å². The number of carbonyl (C=O) groups is 2. The molecule has 0 aliphatic heterocycles. The minimum Gasteiger partial charge on any atom is -0.352 e. The Labute approximate surface area is 210 Å². The Morgan fingerprint density at radius 1 is 0.914 bits per heavy atom. The van der Waals surface area contributed by atoms with Gasteiger partial charge in [-0.15, -0.1) is 0 Å². The van der Waals surface area contributed by atoms with Gasteiger partial charge in [0.25, 0.3) is 0 Å². The zero-order valence-electron chi connectivity index (χ0n) is 22.0. The summed E-state index contributed by atoms with van der Waals surface area (Å²) in [5.41, 5.74) is 3.96. The normalized spacial score (nSPS) is 12.5. The van der Waals surface area contributed by atoms with Gasteiger partial charge in [0.2, 0.25) is 11.8 Å². The average molecular weight is 503 g/mol. The van der Waals surface area contributed by atoms with Gasteiger partial charge in [0.15, 0.2) is 0 Å². The molecule has 9 heteroatoms. The molecule has 0 aliphatic carbocycles. The fourth-order valence-electron chi connectivity index (χ4n) is 3.57. The molecular weight excluding hydrogens is 464 g/mol. The lowest BCUT2D eigenvalue weighted by Gasteiger charge is -2.33. The van der Waals surface area contributed by atoms with E-state index in [1.807, 2.05) is 64.1 Å². The Bertz CT molecular complexity index is 1140. The molecule has 0 fully saturated rings. The van der Waals surface area contributed by atoms with Crippen LogP contribution in [0.3, 0.4) is 0 Å². The van der Waals surface area contributed by atoms with E-state index < -0.39 is 28.7 Å². The molecule has 2 aromatic carbocycles. The molecule has 2 amide bonds. The molecule has 0 saturated heterocycles. The number of nitrogens with zero attached hydrogens (tertiary/aromatic N) is 3. The van der Waals surface area contributed by atoms with Crippen molar-refractivity contribution in [3.8, 4) is 0 Å². The van der Waals surface area contributed by atoms with Gasteiger partial charge in [0, 0.05) is 26.7 Å². The van der Waals surface area contributed by atoms with Crippen molar-refractivity contribution >= 4 is 27.7 Å². The number of rotatable bonds is 10. The number of nitrogens with one attached hydrogen (secondary N) is 1. The second-order valence-electron chi connectivity index (χ2n) is 9.43. The first-order chi connectivity index (χ1) is 16.2. The Kier molecular flexibility index (Phi) is 9.45. The van der Waals surface area contributed by atoms with E-state index in [-0.39, 0.29) is 18.5 Å². The topological polar surface area (TPSA) is 90.0 Å². The lowest BCUT2D eigenvalue weighted by atomic mass is 10.1. The lowest BCUT2D eigenvalue weighted by Crippen LogP contribution is -2.53. The van der Waals surface area contributed by atoms with Gasteiger partial charge >= 0.3 is 10.2 Å². The van der Waals surface area contributed by atoms with E-state index in [0.29, 0.717) is 5.69 Å². The van der Waals surface area contributed by atoms with Crippen LogP contribution in [-0.2, 0) is 26.3 Å². The molecule has 0 aromatic heterocycles. The fourth-order valence-corrected chi connectivity index (χ4v) is 4.68. The van der Waals surface area contributed by atoms with Crippen LogP contribution in [0.5, 0.6) is 0 Å². The van der Waals surface area contributed by atoms with Gasteiger partial charge in [0.05, 0.1) is 5.69 Å². The van der Waals surface area contributed by atoms with Gasteiger partial charge in [-0.05, 0) is 64.3 Å². The predicted octanol–water partition coefficient (Wildman–Crippen LogP) is 3.17. The number of hydrogen-bond donors (Lipinski definition) is 1. The molecule has 1 N–H and O–H groups in total. The summed E-state index contributed by atoms with van der Waals surface area (Å²) in [4.78, 5) is 28.0. The highest BCUT2D eigenvalue weighted by Crippen LogP contribution is 2.26. The summed E-state index contributed by atoms with van der Waals surface area (Å²) in [6, 6.07) is 12.3. The smallest absolute Gasteiger partial charge is 0.304 e. The lowest BCUT2D eigenvalue weighted by molar-refractivity contribution is -0.139. The first-order valence-electron chi connectivity index (χ1n) is 11.7. The molecule has 0 saturated carbocycles. The maximum absolute atomic E-state index is 13.7. The first kappa shape index (κ1) is 28.3. The number of amides is 2. The number of benzene rings is 2. The van der Waals surface area contributed by atoms with Gasteiger partial charge in [-0.2, -0.15) is 12.7 Å². The van der Waals surface area contributed by atoms with Crippen molar-refractivity contribution in [3.63, 3.8) is 0 Å². The van der Waals surface area contributed by atoms with Crippen LogP contribution in [0.15, 0.2) is 42.5 Å². The van der Waals surface area contributed by atoms with Crippen LogP contribution in [0, 0.1) is 20.8 Å². The fraction of sp³-hybridized carbons (Fsp3) is 0.462. The van der Waals surface area contributed by atoms with E-state index in [9.17, 15) is 18.0 Å². The number of anilines is 1. The van der Waals surface area contributed by atoms with Crippen molar-refractivity contribution < 1.29 is 18.0 Å². The third kappa shape index (κ3) is 7.29. The zero-order chi connectivity index (χ0) is 26.5. The van der Waals surface area contributed by atoms with Crippen LogP contribution in [0.2, 0.25) is 0 Å². The first-order valence-corrected chi connectivity index (χ1v) is 13.1. The number of carbonyl (C=O) groups excluding carboxylic acids is 2. The van der Waals surface area contributed by atoms with Crippen molar-refractivity contribution in [2.75, 3.05) is 24.9 Å². The van der Waals surface area contributed by atoms with Gasteiger partial charge in [-0.1, -0.05) is 42.0 Å². The van der Waals surface area contributed by atoms with E-state index in [1.54, 1.807) is 19.9 Å². The highest BCUT2D eigenvalue weighted by Gasteiger charge is 2.33. The molecule has 0 unspecified atom stereocenters. The third-order valence-electron chi connectivity index (χ3n) is 5.72. The summed E-state index contributed by atoms with van der Waals surface area (Å²) in [6.07, 6.45) is 0. The minimum absolute atomic E-state index is 0.0955. The Morgan fingerprint density at radius 2 is 1.49 bits per heavy atom. The standard InChI is InChI=1S/C26H38N4O4S/c1-18(2)27-26(32)22(6)29(16-23-13-10-19(3)11-14-23)25(31)17-30(35(33,34)28(7)8)24-15-20(4)9-12-21(24)5/h9-15,18,22H,16-17H2,1-8H3,(H,27,32)/t22-/m0/s1. The molecule has 0 spiro atoms. The third-order valence-corrected chi connectivity index (χ3v) is 7.53. The monoisotopic (exact) mass is 502 g/mol. The van der Waals surface area contributed by atoms with Crippen LogP contribution in [0.4, 0.5) is 5.69 Å². The molecule has 0 aliphatic rings. The maximum Gasteiger partial charge on any atom is 0.304 e. The second-order valence-corrected chi connectivity index (χ2v) is 11.5. The molecule has 0 radical (unpaired) electrons. The Morgan fingerprint density at radius 3 is 2.03 bits per heavy atom. The Balaban J connectivity index is 2.50. The largest absolute Gasteiger partial charge is 0.352 e. The van der Waals surface area contributed by atoms with Crippen LogP contribution < -0.4 is 9.62 Å². The van der Waals surface area contributed by atoms with E-state index in [2.05, 4.69) is 5.32 Å². The van der Waals surface area contributed by atoms with Crippen molar-refractivity contribution in [2.45, 2.75) is 60.2 Å². The number of aryl methyl sites for hydroxylation is 3. The van der Waals surface area contributed by atoms with Crippen molar-refractivity contribution in [1.82, 2.24) is 14.5 Å². The molecule has 35 heavy (non-hydrogen) atoms. The SMILES string of the molecule is Cc1ccc(CN(C(=O)CN(c2cc(C)ccc2C)S(=O)(=O)N(C)C)[C@@H](C)C(=O)NC(C)C)cc1. The van der Waals surface area contributed by atoms with Gasteiger partial charge in [-0.3, -0.25) is 9.59 Å². The molecular formula is C26H38N4O4S. The Hall–Kier alpha value is -2.91. The zero-order valence-corrected chi connectivity index (χ0v) is 22.8. The molecule has 0 heterocycles. The van der Waals surface area contributed by atoms with E-state index in [0.717, 1.165) is 30.9 Å². The quantitative estimate of drug-likeness (QED) is 0.540. The summed E-state index contributed by atoms with van der Waals surface area (Å²) >= 11 is 0. The van der Waals surface area contributed by atoms with Gasteiger partial charge < -0.3 is 10.2 Å². The summed E-state index contributed by atoms with van der Waals surface area (Å²) in [6.45, 7) is 10.7. The predicted molar refractivity (Wildman–Crippen MR) is 140 cm³/mol. The minimum atomic E-state index is -3.98. The van der Waals surface area contributed by atoms with Crippen molar-refractivity contribution in [3.05, 3.63) is 64.7 Å². The van der Waals surface area contributed by atoms with Crippen molar-refractivity contribution in [2.24, 2.45) is 0 Å². The van der Waals surface area contributed by atoms with Crippen LogP contribution in [0.1, 0.15) is 43.0 Å². The van der Waals surface area contributed by atoms with E-state index in [1.165, 1.54) is 19.0 Å². The molecule has 8 nitrogen and oxygen atoms in total. The number of hydrogen-bond acceptors (Lipinski definition) is 4. The van der Waals surface area contributed by atoms with Crippen LogP contribution >= 0.6 is 0 Å². The molecule has 0 bridgehead atoms. The van der Waals surface area contributed by atoms with Gasteiger partial charge in [0.1, 0.15) is 12.6 Å². The highest BCUT2D eigenvalue weighted by molar-refractivity contribution is 7.90. The molecule has 2 aromatic rings. The van der Waals surface area contributed by atoms with Crippen molar-refractivity contribution in [1.29, 1.82) is 0 Å². The van der Waals surface area contributed by atoms with E-state index >= 15 is 0 Å².